The SMILES string of the molecule is COCc1cc(F)c(-c2ccc3cnc(Nc4cnccc4N4C[C@@H](N)[C@@H](NC(=O)OC)[C@@H](C)C4)n3n2)c(F)c1. The number of pyridine rings is 1. The molecule has 0 unspecified atom stereocenters. The van der Waals surface area contributed by atoms with E-state index in [4.69, 9.17) is 15.2 Å². The van der Waals surface area contributed by atoms with Crippen molar-refractivity contribution in [2.24, 2.45) is 11.7 Å². The number of piperidine rings is 1. The summed E-state index contributed by atoms with van der Waals surface area (Å²) in [5.74, 6) is -1.11. The number of imidazole rings is 1. The Labute approximate surface area is 229 Å². The van der Waals surface area contributed by atoms with Crippen LogP contribution in [0.3, 0.4) is 0 Å². The number of amides is 1. The van der Waals surface area contributed by atoms with E-state index in [-0.39, 0.29) is 35.9 Å². The molecule has 1 aromatic carbocycles. The highest BCUT2D eigenvalue weighted by Crippen LogP contribution is 2.32. The topological polar surface area (TPSA) is 132 Å². The van der Waals surface area contributed by atoms with E-state index in [1.54, 1.807) is 30.7 Å². The summed E-state index contributed by atoms with van der Waals surface area (Å²) in [4.78, 5) is 22.6. The summed E-state index contributed by atoms with van der Waals surface area (Å²) in [6.45, 7) is 3.19. The lowest BCUT2D eigenvalue weighted by Crippen LogP contribution is -2.62. The van der Waals surface area contributed by atoms with Crippen LogP contribution in [0.25, 0.3) is 16.8 Å². The normalized spacial score (nSPS) is 19.1. The summed E-state index contributed by atoms with van der Waals surface area (Å²) >= 11 is 0. The van der Waals surface area contributed by atoms with Gasteiger partial charge in [0.2, 0.25) is 5.95 Å². The van der Waals surface area contributed by atoms with Crippen molar-refractivity contribution < 1.29 is 23.0 Å². The molecule has 4 heterocycles. The quantitative estimate of drug-likeness (QED) is 0.315. The number of carbonyl (C=O) groups excluding carboxylic acids is 1. The van der Waals surface area contributed by atoms with Gasteiger partial charge in [-0.3, -0.25) is 4.98 Å². The maximum atomic E-state index is 14.9. The van der Waals surface area contributed by atoms with E-state index < -0.39 is 17.7 Å². The summed E-state index contributed by atoms with van der Waals surface area (Å²) in [7, 11) is 2.78. The van der Waals surface area contributed by atoms with Crippen molar-refractivity contribution in [2.75, 3.05) is 37.5 Å². The number of carbonyl (C=O) groups is 1. The fraction of sp³-hybridized carbons (Fsp3) is 0.333. The van der Waals surface area contributed by atoms with Gasteiger partial charge in [-0.15, -0.1) is 0 Å². The predicted octanol–water partition coefficient (Wildman–Crippen LogP) is 3.47. The smallest absolute Gasteiger partial charge is 0.407 e. The molecule has 0 spiro atoms. The number of nitrogens with zero attached hydrogens (tertiary/aromatic N) is 5. The average Bonchev–Trinajstić information content (AvgIpc) is 3.32. The second-order valence-corrected chi connectivity index (χ2v) is 9.73. The molecule has 4 N–H and O–H groups in total. The molecule has 1 aliphatic rings. The van der Waals surface area contributed by atoms with Gasteiger partial charge in [0.05, 0.1) is 60.3 Å². The number of anilines is 3. The first-order valence-electron chi connectivity index (χ1n) is 12.7. The van der Waals surface area contributed by atoms with Crippen LogP contribution in [-0.4, -0.2) is 65.1 Å². The number of nitrogens with two attached hydrogens (primary N) is 1. The Morgan fingerprint density at radius 2 is 1.93 bits per heavy atom. The fourth-order valence-corrected chi connectivity index (χ4v) is 5.07. The van der Waals surface area contributed by atoms with Gasteiger partial charge < -0.3 is 30.7 Å². The number of hydrogen-bond acceptors (Lipinski definition) is 9. The molecule has 210 valence electrons. The number of hydrogen-bond donors (Lipinski definition) is 3. The first-order chi connectivity index (χ1) is 19.3. The molecule has 0 saturated carbocycles. The summed E-state index contributed by atoms with van der Waals surface area (Å²) in [6.07, 6.45) is 4.42. The Morgan fingerprint density at radius 3 is 2.62 bits per heavy atom. The highest BCUT2D eigenvalue weighted by molar-refractivity contribution is 5.74. The van der Waals surface area contributed by atoms with Crippen molar-refractivity contribution in [3.63, 3.8) is 0 Å². The summed E-state index contributed by atoms with van der Waals surface area (Å²) in [5, 5.41) is 10.6. The first kappa shape index (κ1) is 27.2. The Balaban J connectivity index is 1.43. The number of aromatic nitrogens is 4. The molecule has 40 heavy (non-hydrogen) atoms. The number of rotatable bonds is 7. The lowest BCUT2D eigenvalue weighted by Gasteiger charge is -2.42. The van der Waals surface area contributed by atoms with Crippen LogP contribution in [0, 0.1) is 17.6 Å². The van der Waals surface area contributed by atoms with Gasteiger partial charge >= 0.3 is 6.09 Å². The van der Waals surface area contributed by atoms with Gasteiger partial charge in [0.25, 0.3) is 0 Å². The molecule has 1 saturated heterocycles. The number of halogens is 2. The zero-order chi connectivity index (χ0) is 28.4. The predicted molar refractivity (Wildman–Crippen MR) is 145 cm³/mol. The van der Waals surface area contributed by atoms with E-state index in [1.807, 2.05) is 13.0 Å². The van der Waals surface area contributed by atoms with E-state index in [9.17, 15) is 13.6 Å². The summed E-state index contributed by atoms with van der Waals surface area (Å²) in [6, 6.07) is 6.97. The Hall–Kier alpha value is -4.36. The maximum Gasteiger partial charge on any atom is 0.407 e. The van der Waals surface area contributed by atoms with E-state index in [2.05, 4.69) is 30.6 Å². The van der Waals surface area contributed by atoms with Gasteiger partial charge in [-0.2, -0.15) is 9.61 Å². The van der Waals surface area contributed by atoms with Crippen LogP contribution in [-0.2, 0) is 16.1 Å². The lowest BCUT2D eigenvalue weighted by atomic mass is 9.90. The molecule has 0 aliphatic carbocycles. The van der Waals surface area contributed by atoms with Crippen molar-refractivity contribution in [1.82, 2.24) is 24.9 Å². The minimum absolute atomic E-state index is 0.0282. The second-order valence-electron chi connectivity index (χ2n) is 9.73. The zero-order valence-electron chi connectivity index (χ0n) is 22.3. The summed E-state index contributed by atoms with van der Waals surface area (Å²) in [5.41, 5.74) is 8.79. The molecular formula is C27H30F2N8O3. The molecule has 11 nitrogen and oxygen atoms in total. The van der Waals surface area contributed by atoms with Crippen LogP contribution in [0.4, 0.5) is 30.9 Å². The molecule has 0 bridgehead atoms. The van der Waals surface area contributed by atoms with Gasteiger partial charge in [0.15, 0.2) is 0 Å². The number of benzene rings is 1. The molecule has 4 aromatic rings. The van der Waals surface area contributed by atoms with Crippen LogP contribution >= 0.6 is 0 Å². The van der Waals surface area contributed by atoms with Crippen LogP contribution in [0.15, 0.2) is 48.9 Å². The van der Waals surface area contributed by atoms with Gasteiger partial charge in [-0.25, -0.2) is 18.6 Å². The van der Waals surface area contributed by atoms with E-state index in [0.29, 0.717) is 35.8 Å². The highest BCUT2D eigenvalue weighted by Gasteiger charge is 2.34. The number of nitrogens with one attached hydrogen (secondary N) is 2. The van der Waals surface area contributed by atoms with Crippen molar-refractivity contribution in [2.45, 2.75) is 25.6 Å². The van der Waals surface area contributed by atoms with Crippen LogP contribution in [0.1, 0.15) is 12.5 Å². The van der Waals surface area contributed by atoms with Gasteiger partial charge in [0, 0.05) is 32.4 Å². The van der Waals surface area contributed by atoms with Crippen molar-refractivity contribution >= 4 is 28.9 Å². The van der Waals surface area contributed by atoms with Crippen LogP contribution in [0.2, 0.25) is 0 Å². The zero-order valence-corrected chi connectivity index (χ0v) is 22.3. The third kappa shape index (κ3) is 5.38. The molecule has 3 atom stereocenters. The standard InChI is InChI=1S/C27H30F2N8O3/c1-15-12-36(13-20(30)25(15)34-27(38)40-3)23-6-7-31-11-22(23)33-26-32-10-17-4-5-21(35-37(17)26)24-18(28)8-16(14-39-2)9-19(24)29/h4-11,15,20,25H,12-14,30H2,1-3H3,(H,32,33)(H,34,38)/t15-,20+,25-/m0/s1. The molecule has 1 fully saturated rings. The molecular weight excluding hydrogens is 522 g/mol. The van der Waals surface area contributed by atoms with Gasteiger partial charge in [0.1, 0.15) is 11.6 Å². The Kier molecular flexibility index (Phi) is 7.76. The minimum Gasteiger partial charge on any atom is -0.453 e. The third-order valence-electron chi connectivity index (χ3n) is 6.92. The molecule has 3 aromatic heterocycles. The van der Waals surface area contributed by atoms with Gasteiger partial charge in [-0.05, 0) is 41.8 Å². The van der Waals surface area contributed by atoms with Crippen LogP contribution in [0.5, 0.6) is 0 Å². The number of alkyl carbamates (subject to hydrolysis) is 1. The fourth-order valence-electron chi connectivity index (χ4n) is 5.07. The van der Waals surface area contributed by atoms with E-state index in [1.165, 1.54) is 30.9 Å². The van der Waals surface area contributed by atoms with E-state index in [0.717, 1.165) is 5.69 Å². The lowest BCUT2D eigenvalue weighted by molar-refractivity contribution is 0.156. The van der Waals surface area contributed by atoms with Crippen molar-refractivity contribution in [3.8, 4) is 11.3 Å². The first-order valence-corrected chi connectivity index (χ1v) is 12.7. The number of ether oxygens (including phenoxy) is 2. The van der Waals surface area contributed by atoms with Crippen LogP contribution < -0.4 is 21.3 Å². The van der Waals surface area contributed by atoms with Crippen molar-refractivity contribution in [1.29, 1.82) is 0 Å². The molecule has 1 aliphatic heterocycles. The second kappa shape index (κ2) is 11.4. The highest BCUT2D eigenvalue weighted by atomic mass is 19.1. The molecule has 13 heteroatoms. The maximum absolute atomic E-state index is 14.9. The summed E-state index contributed by atoms with van der Waals surface area (Å²) < 4.78 is 41.0. The molecule has 1 amide bonds. The Morgan fingerprint density at radius 1 is 1.15 bits per heavy atom. The third-order valence-corrected chi connectivity index (χ3v) is 6.92. The Bertz CT molecular complexity index is 1500. The number of methoxy groups -OCH3 is 2. The minimum atomic E-state index is -0.737. The van der Waals surface area contributed by atoms with Crippen molar-refractivity contribution in [3.05, 3.63) is 66.1 Å². The molecule has 0 radical (unpaired) electrons. The average molecular weight is 553 g/mol. The van der Waals surface area contributed by atoms with E-state index >= 15 is 0 Å². The largest absolute Gasteiger partial charge is 0.453 e. The van der Waals surface area contributed by atoms with Gasteiger partial charge in [-0.1, -0.05) is 6.92 Å². The number of fused-ring (bicyclic) bond motifs is 1. The monoisotopic (exact) mass is 552 g/mol. The molecule has 5 rings (SSSR count).